The summed E-state index contributed by atoms with van der Waals surface area (Å²) in [6, 6.07) is 14.9. The van der Waals surface area contributed by atoms with Gasteiger partial charge in [-0.05, 0) is 47.5 Å². The summed E-state index contributed by atoms with van der Waals surface area (Å²) >= 11 is 0. The molecular formula is C29H24F3N5O3. The highest BCUT2D eigenvalue weighted by Gasteiger charge is 2.40. The van der Waals surface area contributed by atoms with E-state index in [0.717, 1.165) is 4.57 Å². The predicted molar refractivity (Wildman–Crippen MR) is 141 cm³/mol. The van der Waals surface area contributed by atoms with Crippen molar-refractivity contribution in [2.75, 3.05) is 31.6 Å². The van der Waals surface area contributed by atoms with Gasteiger partial charge >= 0.3 is 5.97 Å². The monoisotopic (exact) mass is 547 g/mol. The van der Waals surface area contributed by atoms with Gasteiger partial charge in [-0.2, -0.15) is 9.65 Å². The molecule has 1 saturated heterocycles. The number of benzene rings is 2. The van der Waals surface area contributed by atoms with E-state index in [1.54, 1.807) is 29.2 Å². The van der Waals surface area contributed by atoms with Crippen molar-refractivity contribution in [2.45, 2.75) is 12.1 Å². The molecule has 0 bridgehead atoms. The fourth-order valence-electron chi connectivity index (χ4n) is 5.23. The first-order valence-corrected chi connectivity index (χ1v) is 12.4. The van der Waals surface area contributed by atoms with Gasteiger partial charge in [0.15, 0.2) is 0 Å². The summed E-state index contributed by atoms with van der Waals surface area (Å²) in [7, 11) is 2.65. The number of hydrogen-bond donors (Lipinski definition) is 0. The Morgan fingerprint density at radius 3 is 2.15 bits per heavy atom. The second kappa shape index (κ2) is 10.8. The minimum absolute atomic E-state index is 0.0441. The molecule has 4 aromatic rings. The zero-order valence-electron chi connectivity index (χ0n) is 21.6. The summed E-state index contributed by atoms with van der Waals surface area (Å²) < 4.78 is 49.4. The van der Waals surface area contributed by atoms with Crippen LogP contribution in [0.3, 0.4) is 0 Å². The van der Waals surface area contributed by atoms with Crippen molar-refractivity contribution in [2.24, 2.45) is 7.05 Å². The van der Waals surface area contributed by atoms with Gasteiger partial charge in [-0.3, -0.25) is 14.5 Å². The molecule has 1 fully saturated rings. The molecule has 0 radical (unpaired) electrons. The SMILES string of the molecule is COC(=O)C1CN(c2c(F)c(=O)n(C)c3ccc(C#N)nc23)CCN1C(c1ccc(F)cc1)c1ccc(F)cc1. The van der Waals surface area contributed by atoms with Gasteiger partial charge in [0, 0.05) is 26.7 Å². The van der Waals surface area contributed by atoms with E-state index in [1.165, 1.54) is 50.6 Å². The van der Waals surface area contributed by atoms with E-state index in [-0.39, 0.29) is 36.5 Å². The van der Waals surface area contributed by atoms with E-state index >= 15 is 4.39 Å². The summed E-state index contributed by atoms with van der Waals surface area (Å²) in [6.07, 6.45) is 0. The molecule has 40 heavy (non-hydrogen) atoms. The molecule has 0 aliphatic carbocycles. The highest BCUT2D eigenvalue weighted by Crippen LogP contribution is 2.35. The van der Waals surface area contributed by atoms with Crippen molar-refractivity contribution >= 4 is 22.7 Å². The quantitative estimate of drug-likeness (QED) is 0.352. The molecule has 204 valence electrons. The van der Waals surface area contributed by atoms with Gasteiger partial charge < -0.3 is 14.2 Å². The number of hydrogen-bond acceptors (Lipinski definition) is 7. The highest BCUT2D eigenvalue weighted by molar-refractivity contribution is 5.89. The lowest BCUT2D eigenvalue weighted by Gasteiger charge is -2.45. The minimum atomic E-state index is -1.05. The molecule has 0 amide bonds. The van der Waals surface area contributed by atoms with Crippen molar-refractivity contribution < 1.29 is 22.7 Å². The van der Waals surface area contributed by atoms with Gasteiger partial charge in [-0.15, -0.1) is 0 Å². The molecule has 3 heterocycles. The number of aryl methyl sites for hydroxylation is 1. The van der Waals surface area contributed by atoms with Crippen LogP contribution in [0.15, 0.2) is 65.5 Å². The molecular weight excluding hydrogens is 523 g/mol. The van der Waals surface area contributed by atoms with Crippen LogP contribution in [0.4, 0.5) is 18.9 Å². The van der Waals surface area contributed by atoms with E-state index in [2.05, 4.69) is 4.98 Å². The first kappa shape index (κ1) is 26.9. The Morgan fingerprint density at radius 2 is 1.60 bits per heavy atom. The number of ether oxygens (including phenoxy) is 1. The molecule has 2 aromatic carbocycles. The maximum absolute atomic E-state index is 15.6. The summed E-state index contributed by atoms with van der Waals surface area (Å²) in [5.41, 5.74) is 0.812. The zero-order valence-corrected chi connectivity index (χ0v) is 21.6. The standard InChI is InChI=1S/C29H24F3N5O3/c1-35-22-12-11-21(15-33)34-25(22)27(24(32)28(35)38)36-13-14-37(23(16-36)29(39)40-2)26(17-3-7-19(30)8-4-17)18-5-9-20(31)10-6-18/h3-12,23,26H,13-14,16H2,1-2H3. The zero-order chi connectivity index (χ0) is 28.6. The Balaban J connectivity index is 1.62. The summed E-state index contributed by atoms with van der Waals surface area (Å²) in [5, 5.41) is 9.38. The number of methoxy groups -OCH3 is 1. The third-order valence-corrected chi connectivity index (χ3v) is 7.19. The van der Waals surface area contributed by atoms with Crippen LogP contribution < -0.4 is 10.5 Å². The Hall–Kier alpha value is -4.69. The molecule has 1 atom stereocenters. The number of carbonyl (C=O) groups excluding carboxylic acids is 1. The average molecular weight is 548 g/mol. The van der Waals surface area contributed by atoms with Crippen molar-refractivity contribution in [3.8, 4) is 6.07 Å². The van der Waals surface area contributed by atoms with Crippen molar-refractivity contribution in [1.82, 2.24) is 14.5 Å². The normalized spacial score (nSPS) is 15.8. The van der Waals surface area contributed by atoms with Crippen LogP contribution >= 0.6 is 0 Å². The lowest BCUT2D eigenvalue weighted by atomic mass is 9.94. The third kappa shape index (κ3) is 4.78. The van der Waals surface area contributed by atoms with Crippen LogP contribution in [0.1, 0.15) is 22.9 Å². The van der Waals surface area contributed by atoms with Crippen molar-refractivity contribution in [3.05, 3.63) is 105 Å². The molecule has 1 aliphatic rings. The van der Waals surface area contributed by atoms with Crippen LogP contribution in [0, 0.1) is 28.8 Å². The van der Waals surface area contributed by atoms with Crippen LogP contribution in [0.5, 0.6) is 0 Å². The second-order valence-electron chi connectivity index (χ2n) is 9.43. The van der Waals surface area contributed by atoms with Crippen LogP contribution in [-0.2, 0) is 16.6 Å². The van der Waals surface area contributed by atoms with E-state index < -0.39 is 41.1 Å². The fraction of sp³-hybridized carbons (Fsp3) is 0.241. The van der Waals surface area contributed by atoms with Crippen molar-refractivity contribution in [1.29, 1.82) is 5.26 Å². The van der Waals surface area contributed by atoms with Gasteiger partial charge in [-0.1, -0.05) is 24.3 Å². The van der Waals surface area contributed by atoms with E-state index in [1.807, 2.05) is 11.0 Å². The molecule has 8 nitrogen and oxygen atoms in total. The van der Waals surface area contributed by atoms with Crippen molar-refractivity contribution in [3.63, 3.8) is 0 Å². The molecule has 11 heteroatoms. The van der Waals surface area contributed by atoms with Gasteiger partial charge in [0.2, 0.25) is 5.82 Å². The Kier molecular flexibility index (Phi) is 7.28. The highest BCUT2D eigenvalue weighted by atomic mass is 19.1. The largest absolute Gasteiger partial charge is 0.468 e. The predicted octanol–water partition coefficient (Wildman–Crippen LogP) is 3.68. The van der Waals surface area contributed by atoms with Gasteiger partial charge in [0.1, 0.15) is 40.6 Å². The fourth-order valence-corrected chi connectivity index (χ4v) is 5.23. The number of esters is 1. The number of rotatable bonds is 5. The number of aromatic nitrogens is 2. The van der Waals surface area contributed by atoms with Gasteiger partial charge in [-0.25, -0.2) is 13.8 Å². The molecule has 1 aliphatic heterocycles. The van der Waals surface area contributed by atoms with E-state index in [0.29, 0.717) is 16.6 Å². The van der Waals surface area contributed by atoms with E-state index in [9.17, 15) is 23.6 Å². The maximum Gasteiger partial charge on any atom is 0.324 e. The first-order chi connectivity index (χ1) is 19.2. The summed E-state index contributed by atoms with van der Waals surface area (Å²) in [5.74, 6) is -2.54. The smallest absolute Gasteiger partial charge is 0.324 e. The molecule has 0 spiro atoms. The number of nitrogens with zero attached hydrogens (tertiary/aromatic N) is 5. The summed E-state index contributed by atoms with van der Waals surface area (Å²) in [6.45, 7) is 0.278. The number of fused-ring (bicyclic) bond motifs is 1. The molecule has 0 N–H and O–H groups in total. The number of piperazine rings is 1. The number of nitriles is 1. The Labute approximate surface area is 227 Å². The van der Waals surface area contributed by atoms with E-state index in [4.69, 9.17) is 4.74 Å². The Bertz CT molecular complexity index is 1640. The molecule has 0 saturated carbocycles. The van der Waals surface area contributed by atoms with Crippen LogP contribution in [0.2, 0.25) is 0 Å². The summed E-state index contributed by atoms with van der Waals surface area (Å²) in [4.78, 5) is 33.6. The third-order valence-electron chi connectivity index (χ3n) is 7.19. The number of anilines is 1. The second-order valence-corrected chi connectivity index (χ2v) is 9.43. The maximum atomic E-state index is 15.6. The lowest BCUT2D eigenvalue weighted by molar-refractivity contribution is -0.148. The first-order valence-electron chi connectivity index (χ1n) is 12.4. The topological polar surface area (TPSA) is 91.5 Å². The van der Waals surface area contributed by atoms with Crippen LogP contribution in [-0.4, -0.2) is 53.2 Å². The minimum Gasteiger partial charge on any atom is -0.468 e. The lowest BCUT2D eigenvalue weighted by Crippen LogP contribution is -2.58. The van der Waals surface area contributed by atoms with Crippen LogP contribution in [0.25, 0.3) is 11.0 Å². The Morgan fingerprint density at radius 1 is 1.00 bits per heavy atom. The molecule has 2 aromatic heterocycles. The number of halogens is 3. The molecule has 1 unspecified atom stereocenters. The average Bonchev–Trinajstić information content (AvgIpc) is 2.98. The number of carbonyl (C=O) groups is 1. The molecule has 5 rings (SSSR count). The van der Waals surface area contributed by atoms with Gasteiger partial charge in [0.25, 0.3) is 5.56 Å². The number of pyridine rings is 2. The van der Waals surface area contributed by atoms with Gasteiger partial charge in [0.05, 0.1) is 18.7 Å².